The van der Waals surface area contributed by atoms with Crippen molar-refractivity contribution >= 4 is 23.0 Å². The number of anilines is 2. The highest BCUT2D eigenvalue weighted by Crippen LogP contribution is 2.33. The van der Waals surface area contributed by atoms with E-state index >= 15 is 0 Å². The first-order valence-electron chi connectivity index (χ1n) is 8.52. The summed E-state index contributed by atoms with van der Waals surface area (Å²) in [5, 5.41) is 14.0. The number of nitrogens with one attached hydrogen (secondary N) is 1. The van der Waals surface area contributed by atoms with Crippen molar-refractivity contribution in [1.82, 2.24) is 0 Å². The third-order valence-electron chi connectivity index (χ3n) is 4.56. The quantitative estimate of drug-likeness (QED) is 0.656. The van der Waals surface area contributed by atoms with Gasteiger partial charge in [-0.1, -0.05) is 18.2 Å². The molecule has 0 aromatic heterocycles. The number of nitrogens with zero attached hydrogens (tertiary/aromatic N) is 2. The van der Waals surface area contributed by atoms with Crippen LogP contribution in [0.5, 0.6) is 5.75 Å². The molecule has 1 amide bonds. The number of benzene rings is 2. The molecule has 0 radical (unpaired) electrons. The summed E-state index contributed by atoms with van der Waals surface area (Å²) in [5.74, 6) is 0.0864. The molecule has 1 aliphatic rings. The Morgan fingerprint density at radius 2 is 2.04 bits per heavy atom. The van der Waals surface area contributed by atoms with Gasteiger partial charge in [-0.25, -0.2) is 0 Å². The van der Waals surface area contributed by atoms with E-state index in [1.807, 2.05) is 30.3 Å². The van der Waals surface area contributed by atoms with Gasteiger partial charge in [0, 0.05) is 36.6 Å². The van der Waals surface area contributed by atoms with Gasteiger partial charge in [0.15, 0.2) is 5.75 Å². The second-order valence-electron chi connectivity index (χ2n) is 6.25. The van der Waals surface area contributed by atoms with Crippen LogP contribution in [0.25, 0.3) is 0 Å². The van der Waals surface area contributed by atoms with E-state index in [4.69, 9.17) is 4.74 Å². The van der Waals surface area contributed by atoms with Crippen molar-refractivity contribution in [3.63, 3.8) is 0 Å². The van der Waals surface area contributed by atoms with Gasteiger partial charge in [-0.2, -0.15) is 0 Å². The molecule has 0 aliphatic carbocycles. The molecule has 7 heteroatoms. The number of nitro groups is 1. The molecule has 0 unspecified atom stereocenters. The van der Waals surface area contributed by atoms with E-state index in [-0.39, 0.29) is 23.3 Å². The predicted octanol–water partition coefficient (Wildman–Crippen LogP) is 3.46. The van der Waals surface area contributed by atoms with Gasteiger partial charge in [0.25, 0.3) is 0 Å². The van der Waals surface area contributed by atoms with E-state index < -0.39 is 4.92 Å². The second-order valence-corrected chi connectivity index (χ2v) is 6.25. The molecule has 1 aliphatic heterocycles. The fourth-order valence-electron chi connectivity index (χ4n) is 3.21. The van der Waals surface area contributed by atoms with Gasteiger partial charge in [-0.15, -0.1) is 0 Å². The maximum Gasteiger partial charge on any atom is 0.311 e. The van der Waals surface area contributed by atoms with Gasteiger partial charge < -0.3 is 15.0 Å². The molecule has 26 heavy (non-hydrogen) atoms. The predicted molar refractivity (Wildman–Crippen MR) is 99.7 cm³/mol. The van der Waals surface area contributed by atoms with Crippen LogP contribution in [0.4, 0.5) is 17.1 Å². The Morgan fingerprint density at radius 1 is 1.27 bits per heavy atom. The molecule has 0 bridgehead atoms. The lowest BCUT2D eigenvalue weighted by Crippen LogP contribution is -2.40. The Balaban J connectivity index is 1.72. The van der Waals surface area contributed by atoms with E-state index in [1.165, 1.54) is 13.2 Å². The van der Waals surface area contributed by atoms with Crippen molar-refractivity contribution in [2.45, 2.75) is 12.8 Å². The van der Waals surface area contributed by atoms with Crippen LogP contribution in [0.2, 0.25) is 0 Å². The second kappa shape index (κ2) is 7.86. The molecule has 1 fully saturated rings. The highest BCUT2D eigenvalue weighted by Gasteiger charge is 2.27. The number of hydrogen-bond acceptors (Lipinski definition) is 5. The zero-order valence-electron chi connectivity index (χ0n) is 14.6. The standard InChI is InChI=1S/C19H21N3O4/c1-26-18-12-16(9-10-17(18)22(24)25)21-11-5-6-14(13-21)19(23)20-15-7-3-2-4-8-15/h2-4,7-10,12,14H,5-6,11,13H2,1H3,(H,20,23)/t14-/m0/s1. The van der Waals surface area contributed by atoms with Gasteiger partial charge >= 0.3 is 5.69 Å². The average molecular weight is 355 g/mol. The van der Waals surface area contributed by atoms with Gasteiger partial charge in [0.1, 0.15) is 0 Å². The lowest BCUT2D eigenvalue weighted by molar-refractivity contribution is -0.385. The number of para-hydroxylation sites is 1. The topological polar surface area (TPSA) is 84.7 Å². The minimum atomic E-state index is -0.463. The number of amides is 1. The van der Waals surface area contributed by atoms with E-state index in [1.54, 1.807) is 12.1 Å². The summed E-state index contributed by atoms with van der Waals surface area (Å²) in [4.78, 5) is 25.2. The number of methoxy groups -OCH3 is 1. The number of carbonyl (C=O) groups excluding carboxylic acids is 1. The molecule has 1 N–H and O–H groups in total. The first kappa shape index (κ1) is 17.7. The van der Waals surface area contributed by atoms with E-state index in [2.05, 4.69) is 10.2 Å². The highest BCUT2D eigenvalue weighted by molar-refractivity contribution is 5.93. The molecule has 1 saturated heterocycles. The summed E-state index contributed by atoms with van der Waals surface area (Å²) in [6, 6.07) is 14.2. The van der Waals surface area contributed by atoms with E-state index in [0.29, 0.717) is 6.54 Å². The first-order chi connectivity index (χ1) is 12.6. The van der Waals surface area contributed by atoms with E-state index in [9.17, 15) is 14.9 Å². The maximum absolute atomic E-state index is 12.6. The number of ether oxygens (including phenoxy) is 1. The molecule has 1 heterocycles. The Labute approximate surface area is 151 Å². The van der Waals surface area contributed by atoms with Gasteiger partial charge in [-0.05, 0) is 31.0 Å². The highest BCUT2D eigenvalue weighted by atomic mass is 16.6. The normalized spacial score (nSPS) is 16.8. The van der Waals surface area contributed by atoms with Crippen LogP contribution in [-0.2, 0) is 4.79 Å². The summed E-state index contributed by atoms with van der Waals surface area (Å²) in [7, 11) is 1.42. The summed E-state index contributed by atoms with van der Waals surface area (Å²) in [6.45, 7) is 1.37. The Morgan fingerprint density at radius 3 is 2.73 bits per heavy atom. The van der Waals surface area contributed by atoms with Crippen LogP contribution in [-0.4, -0.2) is 31.0 Å². The number of nitro benzene ring substituents is 1. The number of piperidine rings is 1. The number of carbonyl (C=O) groups is 1. The first-order valence-corrected chi connectivity index (χ1v) is 8.52. The number of hydrogen-bond donors (Lipinski definition) is 1. The smallest absolute Gasteiger partial charge is 0.311 e. The molecular formula is C19H21N3O4. The molecule has 7 nitrogen and oxygen atoms in total. The summed E-state index contributed by atoms with van der Waals surface area (Å²) in [5.41, 5.74) is 1.54. The monoisotopic (exact) mass is 355 g/mol. The minimum Gasteiger partial charge on any atom is -0.490 e. The molecule has 1 atom stereocenters. The largest absolute Gasteiger partial charge is 0.490 e. The molecule has 3 rings (SSSR count). The zero-order chi connectivity index (χ0) is 18.5. The molecule has 136 valence electrons. The SMILES string of the molecule is COc1cc(N2CCC[C@H](C(=O)Nc3ccccc3)C2)ccc1[N+](=O)[O-]. The van der Waals surface area contributed by atoms with Gasteiger partial charge in [-0.3, -0.25) is 14.9 Å². The molecule has 0 spiro atoms. The van der Waals surface area contributed by atoms with Crippen LogP contribution in [0.15, 0.2) is 48.5 Å². The lowest BCUT2D eigenvalue weighted by atomic mass is 9.96. The van der Waals surface area contributed by atoms with Crippen molar-refractivity contribution in [2.75, 3.05) is 30.4 Å². The van der Waals surface area contributed by atoms with Crippen molar-refractivity contribution in [2.24, 2.45) is 5.92 Å². The fourth-order valence-corrected chi connectivity index (χ4v) is 3.21. The van der Waals surface area contributed by atoms with Crippen LogP contribution in [0.1, 0.15) is 12.8 Å². The summed E-state index contributed by atoms with van der Waals surface area (Å²) < 4.78 is 5.14. The van der Waals surface area contributed by atoms with Crippen molar-refractivity contribution < 1.29 is 14.5 Å². The van der Waals surface area contributed by atoms with Crippen LogP contribution in [0, 0.1) is 16.0 Å². The van der Waals surface area contributed by atoms with Crippen molar-refractivity contribution in [1.29, 1.82) is 0 Å². The average Bonchev–Trinajstić information content (AvgIpc) is 2.68. The van der Waals surface area contributed by atoms with E-state index in [0.717, 1.165) is 30.8 Å². The summed E-state index contributed by atoms with van der Waals surface area (Å²) in [6.07, 6.45) is 1.70. The third-order valence-corrected chi connectivity index (χ3v) is 4.56. The van der Waals surface area contributed by atoms with Gasteiger partial charge in [0.2, 0.25) is 5.91 Å². The summed E-state index contributed by atoms with van der Waals surface area (Å²) >= 11 is 0. The van der Waals surface area contributed by atoms with Crippen LogP contribution in [0.3, 0.4) is 0 Å². The molecule has 0 saturated carbocycles. The maximum atomic E-state index is 12.6. The molecule has 2 aromatic carbocycles. The third kappa shape index (κ3) is 3.93. The molecule has 2 aromatic rings. The van der Waals surface area contributed by atoms with Crippen molar-refractivity contribution in [3.8, 4) is 5.75 Å². The van der Waals surface area contributed by atoms with Crippen LogP contribution >= 0.6 is 0 Å². The Kier molecular flexibility index (Phi) is 5.36. The Bertz CT molecular complexity index is 795. The fraction of sp³-hybridized carbons (Fsp3) is 0.316. The Hall–Kier alpha value is -3.09. The van der Waals surface area contributed by atoms with Gasteiger partial charge in [0.05, 0.1) is 18.0 Å². The number of rotatable bonds is 5. The lowest BCUT2D eigenvalue weighted by Gasteiger charge is -2.33. The van der Waals surface area contributed by atoms with Crippen LogP contribution < -0.4 is 15.0 Å². The minimum absolute atomic E-state index is 0.00484. The molecular weight excluding hydrogens is 334 g/mol. The zero-order valence-corrected chi connectivity index (χ0v) is 14.6. The van der Waals surface area contributed by atoms with Crippen molar-refractivity contribution in [3.05, 3.63) is 58.6 Å².